The van der Waals surface area contributed by atoms with E-state index in [4.69, 9.17) is 5.11 Å². The Kier molecular flexibility index (Phi) is 3.62. The second-order valence-corrected chi connectivity index (χ2v) is 5.58. The van der Waals surface area contributed by atoms with Crippen LogP contribution in [-0.4, -0.2) is 43.2 Å². The van der Waals surface area contributed by atoms with Crippen molar-refractivity contribution < 1.29 is 5.11 Å². The zero-order valence-corrected chi connectivity index (χ0v) is 13.3. The van der Waals surface area contributed by atoms with Crippen molar-refractivity contribution in [2.75, 3.05) is 18.5 Å². The molecule has 24 heavy (non-hydrogen) atoms. The molecule has 0 aliphatic heterocycles. The highest BCUT2D eigenvalue weighted by atomic mass is 16.3. The van der Waals surface area contributed by atoms with E-state index in [0.29, 0.717) is 12.4 Å². The minimum absolute atomic E-state index is 0.0568. The van der Waals surface area contributed by atoms with Crippen molar-refractivity contribution in [1.29, 1.82) is 0 Å². The van der Waals surface area contributed by atoms with Crippen LogP contribution in [0.2, 0.25) is 0 Å². The SMILES string of the molecule is CCc1nc2ncc(-c3cc(NCCO)nc4[nH]ccc34)cc2[nH]1. The summed E-state index contributed by atoms with van der Waals surface area (Å²) >= 11 is 0. The number of aliphatic hydroxyl groups is 1. The van der Waals surface area contributed by atoms with Crippen LogP contribution in [0.25, 0.3) is 33.3 Å². The summed E-state index contributed by atoms with van der Waals surface area (Å²) in [6.07, 6.45) is 4.55. The standard InChI is InChI=1S/C17H18N6O/c1-2-14-21-13-7-10(9-20-17(13)22-14)12-8-15(18-5-6-24)23-16-11(12)3-4-19-16/h3-4,7-9,24H,2,5-6H2,1H3,(H2,18,19,23)(H,20,21,22). The Morgan fingerprint density at radius 3 is 3.00 bits per heavy atom. The molecular formula is C17H18N6O. The van der Waals surface area contributed by atoms with Crippen molar-refractivity contribution in [3.05, 3.63) is 36.4 Å². The Labute approximate surface area is 138 Å². The molecule has 0 radical (unpaired) electrons. The first kappa shape index (κ1) is 14.6. The van der Waals surface area contributed by atoms with Gasteiger partial charge in [0.15, 0.2) is 5.65 Å². The number of aromatic nitrogens is 5. The number of hydrogen-bond acceptors (Lipinski definition) is 5. The van der Waals surface area contributed by atoms with Crippen LogP contribution in [0.4, 0.5) is 5.82 Å². The van der Waals surface area contributed by atoms with Crippen LogP contribution >= 0.6 is 0 Å². The van der Waals surface area contributed by atoms with E-state index < -0.39 is 0 Å². The van der Waals surface area contributed by atoms with E-state index in [1.807, 2.05) is 24.5 Å². The van der Waals surface area contributed by atoms with Gasteiger partial charge in [0, 0.05) is 36.3 Å². The number of fused-ring (bicyclic) bond motifs is 2. The van der Waals surface area contributed by atoms with Crippen molar-refractivity contribution in [3.63, 3.8) is 0 Å². The zero-order valence-electron chi connectivity index (χ0n) is 13.3. The van der Waals surface area contributed by atoms with Gasteiger partial charge in [-0.25, -0.2) is 15.0 Å². The lowest BCUT2D eigenvalue weighted by molar-refractivity contribution is 0.311. The van der Waals surface area contributed by atoms with Gasteiger partial charge in [0.1, 0.15) is 17.3 Å². The van der Waals surface area contributed by atoms with E-state index in [1.165, 1.54) is 0 Å². The van der Waals surface area contributed by atoms with Gasteiger partial charge in [-0.15, -0.1) is 0 Å². The predicted octanol–water partition coefficient (Wildman–Crippen LogP) is 2.47. The molecule has 0 aromatic carbocycles. The van der Waals surface area contributed by atoms with Gasteiger partial charge in [-0.05, 0) is 23.8 Å². The molecule has 4 rings (SSSR count). The maximum atomic E-state index is 9.01. The number of hydrogen-bond donors (Lipinski definition) is 4. The van der Waals surface area contributed by atoms with Crippen LogP contribution in [0.1, 0.15) is 12.7 Å². The fraction of sp³-hybridized carbons (Fsp3) is 0.235. The van der Waals surface area contributed by atoms with Gasteiger partial charge in [-0.2, -0.15) is 0 Å². The molecule has 4 heterocycles. The fourth-order valence-corrected chi connectivity index (χ4v) is 2.82. The lowest BCUT2D eigenvalue weighted by Crippen LogP contribution is -2.07. The summed E-state index contributed by atoms with van der Waals surface area (Å²) in [5, 5.41) is 13.2. The molecule has 0 amide bonds. The topological polar surface area (TPSA) is 103 Å². The number of aromatic amines is 2. The van der Waals surface area contributed by atoms with Crippen molar-refractivity contribution in [3.8, 4) is 11.1 Å². The smallest absolute Gasteiger partial charge is 0.177 e. The first-order valence-electron chi connectivity index (χ1n) is 7.96. The van der Waals surface area contributed by atoms with E-state index in [9.17, 15) is 0 Å². The first-order valence-corrected chi connectivity index (χ1v) is 7.96. The Hall–Kier alpha value is -2.93. The molecular weight excluding hydrogens is 304 g/mol. The number of H-pyrrole nitrogens is 2. The van der Waals surface area contributed by atoms with E-state index in [2.05, 4.69) is 43.2 Å². The fourth-order valence-electron chi connectivity index (χ4n) is 2.82. The van der Waals surface area contributed by atoms with Gasteiger partial charge in [0.2, 0.25) is 0 Å². The summed E-state index contributed by atoms with van der Waals surface area (Å²) in [4.78, 5) is 19.9. The number of nitrogens with one attached hydrogen (secondary N) is 3. The number of aryl methyl sites for hydroxylation is 1. The third kappa shape index (κ3) is 2.48. The summed E-state index contributed by atoms with van der Waals surface area (Å²) in [5.41, 5.74) is 4.48. The quantitative estimate of drug-likeness (QED) is 0.452. The maximum absolute atomic E-state index is 9.01. The summed E-state index contributed by atoms with van der Waals surface area (Å²) in [5.74, 6) is 1.65. The van der Waals surface area contributed by atoms with Crippen LogP contribution in [-0.2, 0) is 6.42 Å². The number of anilines is 1. The second kappa shape index (κ2) is 5.93. The summed E-state index contributed by atoms with van der Waals surface area (Å²) < 4.78 is 0. The van der Waals surface area contributed by atoms with Gasteiger partial charge >= 0.3 is 0 Å². The largest absolute Gasteiger partial charge is 0.395 e. The lowest BCUT2D eigenvalue weighted by atomic mass is 10.1. The Morgan fingerprint density at radius 1 is 1.25 bits per heavy atom. The van der Waals surface area contributed by atoms with E-state index in [1.54, 1.807) is 0 Å². The van der Waals surface area contributed by atoms with Crippen LogP contribution in [0, 0.1) is 0 Å². The molecule has 0 bridgehead atoms. The zero-order chi connectivity index (χ0) is 16.5. The maximum Gasteiger partial charge on any atom is 0.177 e. The number of imidazole rings is 1. The van der Waals surface area contributed by atoms with E-state index in [0.717, 1.165) is 45.6 Å². The second-order valence-electron chi connectivity index (χ2n) is 5.58. The van der Waals surface area contributed by atoms with Gasteiger partial charge < -0.3 is 20.4 Å². The third-order valence-corrected chi connectivity index (χ3v) is 3.98. The van der Waals surface area contributed by atoms with E-state index >= 15 is 0 Å². The summed E-state index contributed by atoms with van der Waals surface area (Å²) in [6.45, 7) is 2.57. The molecule has 4 N–H and O–H groups in total. The molecule has 0 saturated heterocycles. The normalized spacial score (nSPS) is 11.4. The highest BCUT2D eigenvalue weighted by Gasteiger charge is 2.11. The average Bonchev–Trinajstić information content (AvgIpc) is 3.24. The Morgan fingerprint density at radius 2 is 2.17 bits per heavy atom. The lowest BCUT2D eigenvalue weighted by Gasteiger charge is -2.08. The highest BCUT2D eigenvalue weighted by molar-refractivity contribution is 5.96. The molecule has 0 fully saturated rings. The van der Waals surface area contributed by atoms with Crippen molar-refractivity contribution in [2.45, 2.75) is 13.3 Å². The number of aliphatic hydroxyl groups excluding tert-OH is 1. The Balaban J connectivity index is 1.86. The number of pyridine rings is 2. The van der Waals surface area contributed by atoms with Crippen LogP contribution in [0.5, 0.6) is 0 Å². The molecule has 7 nitrogen and oxygen atoms in total. The van der Waals surface area contributed by atoms with Crippen LogP contribution in [0.15, 0.2) is 30.6 Å². The number of rotatable bonds is 5. The molecule has 0 saturated carbocycles. The van der Waals surface area contributed by atoms with Crippen molar-refractivity contribution in [1.82, 2.24) is 24.9 Å². The van der Waals surface area contributed by atoms with Crippen molar-refractivity contribution >= 4 is 28.0 Å². The minimum Gasteiger partial charge on any atom is -0.395 e. The average molecular weight is 322 g/mol. The molecule has 0 aliphatic rings. The van der Waals surface area contributed by atoms with Crippen LogP contribution < -0.4 is 5.32 Å². The van der Waals surface area contributed by atoms with Gasteiger partial charge in [-0.1, -0.05) is 6.92 Å². The molecule has 7 heteroatoms. The Bertz CT molecular complexity index is 1000. The molecule has 0 unspecified atom stereocenters. The van der Waals surface area contributed by atoms with Crippen LogP contribution in [0.3, 0.4) is 0 Å². The number of nitrogens with zero attached hydrogens (tertiary/aromatic N) is 3. The predicted molar refractivity (Wildman–Crippen MR) is 93.9 cm³/mol. The monoisotopic (exact) mass is 322 g/mol. The minimum atomic E-state index is 0.0568. The molecule has 4 aromatic rings. The van der Waals surface area contributed by atoms with Crippen molar-refractivity contribution in [2.24, 2.45) is 0 Å². The van der Waals surface area contributed by atoms with Gasteiger partial charge in [0.05, 0.1) is 12.1 Å². The summed E-state index contributed by atoms with van der Waals surface area (Å²) in [6, 6.07) is 6.04. The highest BCUT2D eigenvalue weighted by Crippen LogP contribution is 2.30. The molecule has 0 aliphatic carbocycles. The first-order chi connectivity index (χ1) is 11.8. The van der Waals surface area contributed by atoms with Gasteiger partial charge in [-0.3, -0.25) is 0 Å². The van der Waals surface area contributed by atoms with E-state index in [-0.39, 0.29) is 6.61 Å². The molecule has 0 spiro atoms. The summed E-state index contributed by atoms with van der Waals surface area (Å²) in [7, 11) is 0. The molecule has 4 aromatic heterocycles. The van der Waals surface area contributed by atoms with Gasteiger partial charge in [0.25, 0.3) is 0 Å². The molecule has 122 valence electrons. The molecule has 0 atom stereocenters. The third-order valence-electron chi connectivity index (χ3n) is 3.98.